The molecule has 0 radical (unpaired) electrons. The van der Waals surface area contributed by atoms with Gasteiger partial charge in [-0.3, -0.25) is 4.79 Å². The molecule has 9 heteroatoms. The Morgan fingerprint density at radius 3 is 2.65 bits per heavy atom. The number of aromatic nitrogens is 3. The van der Waals surface area contributed by atoms with E-state index in [1.165, 1.54) is 0 Å². The molecule has 2 rings (SSSR count). The summed E-state index contributed by atoms with van der Waals surface area (Å²) in [4.78, 5) is 25.6. The second-order valence-corrected chi connectivity index (χ2v) is 4.28. The third kappa shape index (κ3) is 3.92. The fourth-order valence-electron chi connectivity index (χ4n) is 1.76. The SMILES string of the molecule is CNc1nc(NCCC(N)=O)nc(N2CCOCC2)n1. The zero-order valence-electron chi connectivity index (χ0n) is 11.4. The van der Waals surface area contributed by atoms with Gasteiger partial charge in [-0.15, -0.1) is 0 Å². The summed E-state index contributed by atoms with van der Waals surface area (Å²) in [6.07, 6.45) is 0.230. The molecule has 9 nitrogen and oxygen atoms in total. The van der Waals surface area contributed by atoms with Crippen LogP contribution in [-0.2, 0) is 9.53 Å². The lowest BCUT2D eigenvalue weighted by Gasteiger charge is -2.27. The minimum Gasteiger partial charge on any atom is -0.378 e. The largest absolute Gasteiger partial charge is 0.378 e. The van der Waals surface area contributed by atoms with Gasteiger partial charge >= 0.3 is 0 Å². The fourth-order valence-corrected chi connectivity index (χ4v) is 1.76. The van der Waals surface area contributed by atoms with Gasteiger partial charge in [0.25, 0.3) is 0 Å². The van der Waals surface area contributed by atoms with Crippen LogP contribution in [0.1, 0.15) is 6.42 Å². The van der Waals surface area contributed by atoms with Gasteiger partial charge in [0, 0.05) is 33.1 Å². The van der Waals surface area contributed by atoms with Gasteiger partial charge in [-0.2, -0.15) is 15.0 Å². The Morgan fingerprint density at radius 2 is 2.00 bits per heavy atom. The van der Waals surface area contributed by atoms with Gasteiger partial charge in [0.05, 0.1) is 13.2 Å². The summed E-state index contributed by atoms with van der Waals surface area (Å²) in [7, 11) is 1.74. The Labute approximate surface area is 116 Å². The molecule has 1 fully saturated rings. The van der Waals surface area contributed by atoms with E-state index in [0.29, 0.717) is 37.6 Å². The first-order valence-corrected chi connectivity index (χ1v) is 6.47. The van der Waals surface area contributed by atoms with Gasteiger partial charge in [-0.25, -0.2) is 0 Å². The van der Waals surface area contributed by atoms with E-state index in [0.717, 1.165) is 13.1 Å². The van der Waals surface area contributed by atoms with Gasteiger partial charge in [0.2, 0.25) is 23.8 Å². The number of nitrogens with zero attached hydrogens (tertiary/aromatic N) is 4. The van der Waals surface area contributed by atoms with Crippen LogP contribution in [0.5, 0.6) is 0 Å². The molecule has 4 N–H and O–H groups in total. The molecule has 0 spiro atoms. The van der Waals surface area contributed by atoms with Crippen LogP contribution in [0.4, 0.5) is 17.8 Å². The number of anilines is 3. The molecular formula is C11H19N7O2. The van der Waals surface area contributed by atoms with Crippen molar-refractivity contribution in [2.75, 3.05) is 55.4 Å². The predicted molar refractivity (Wildman–Crippen MR) is 74.7 cm³/mol. The summed E-state index contributed by atoms with van der Waals surface area (Å²) in [6, 6.07) is 0. The lowest BCUT2D eigenvalue weighted by atomic mass is 10.4. The van der Waals surface area contributed by atoms with E-state index >= 15 is 0 Å². The van der Waals surface area contributed by atoms with Crippen LogP contribution in [0, 0.1) is 0 Å². The first-order chi connectivity index (χ1) is 9.69. The standard InChI is InChI=1S/C11H19N7O2/c1-13-9-15-10(14-3-2-8(12)19)17-11(16-9)18-4-6-20-7-5-18/h2-7H2,1H3,(H2,12,19)(H2,13,14,15,16,17). The zero-order valence-corrected chi connectivity index (χ0v) is 11.4. The number of amides is 1. The lowest BCUT2D eigenvalue weighted by molar-refractivity contribution is -0.117. The molecule has 0 aliphatic carbocycles. The van der Waals surface area contributed by atoms with Crippen molar-refractivity contribution < 1.29 is 9.53 Å². The Kier molecular flexibility index (Phi) is 4.88. The number of morpholine rings is 1. The van der Waals surface area contributed by atoms with Gasteiger partial charge in [0.15, 0.2) is 0 Å². The van der Waals surface area contributed by atoms with Crippen LogP contribution in [0.2, 0.25) is 0 Å². The van der Waals surface area contributed by atoms with Gasteiger partial charge in [0.1, 0.15) is 0 Å². The van der Waals surface area contributed by atoms with Crippen molar-refractivity contribution >= 4 is 23.8 Å². The topological polar surface area (TPSA) is 118 Å². The molecule has 1 aromatic rings. The van der Waals surface area contributed by atoms with Crippen LogP contribution in [0.15, 0.2) is 0 Å². The number of nitrogens with two attached hydrogens (primary N) is 1. The zero-order chi connectivity index (χ0) is 14.4. The molecule has 0 saturated carbocycles. The second kappa shape index (κ2) is 6.85. The highest BCUT2D eigenvalue weighted by molar-refractivity contribution is 5.74. The third-order valence-electron chi connectivity index (χ3n) is 2.80. The van der Waals surface area contributed by atoms with Crippen LogP contribution >= 0.6 is 0 Å². The molecular weight excluding hydrogens is 262 g/mol. The monoisotopic (exact) mass is 281 g/mol. The molecule has 1 aliphatic rings. The van der Waals surface area contributed by atoms with E-state index in [-0.39, 0.29) is 12.3 Å². The highest BCUT2D eigenvalue weighted by atomic mass is 16.5. The van der Waals surface area contributed by atoms with Crippen molar-refractivity contribution in [1.29, 1.82) is 0 Å². The maximum Gasteiger partial charge on any atom is 0.232 e. The van der Waals surface area contributed by atoms with Gasteiger partial charge in [-0.05, 0) is 0 Å². The molecule has 0 unspecified atom stereocenters. The van der Waals surface area contributed by atoms with E-state index < -0.39 is 0 Å². The van der Waals surface area contributed by atoms with Crippen LogP contribution in [0.25, 0.3) is 0 Å². The molecule has 2 heterocycles. The van der Waals surface area contributed by atoms with Crippen molar-refractivity contribution in [2.45, 2.75) is 6.42 Å². The Bertz CT molecular complexity index is 462. The van der Waals surface area contributed by atoms with Crippen molar-refractivity contribution in [2.24, 2.45) is 5.73 Å². The maximum absolute atomic E-state index is 10.7. The third-order valence-corrected chi connectivity index (χ3v) is 2.80. The predicted octanol–water partition coefficient (Wildman–Crippen LogP) is -0.963. The molecule has 1 aliphatic heterocycles. The highest BCUT2D eigenvalue weighted by Gasteiger charge is 2.16. The van der Waals surface area contributed by atoms with Crippen LogP contribution < -0.4 is 21.3 Å². The van der Waals surface area contributed by atoms with Crippen LogP contribution in [0.3, 0.4) is 0 Å². The summed E-state index contributed by atoms with van der Waals surface area (Å²) in [5, 5.41) is 5.86. The number of primary amides is 1. The molecule has 110 valence electrons. The highest BCUT2D eigenvalue weighted by Crippen LogP contribution is 2.14. The Balaban J connectivity index is 2.08. The number of hydrogen-bond acceptors (Lipinski definition) is 8. The molecule has 20 heavy (non-hydrogen) atoms. The van der Waals surface area contributed by atoms with Crippen molar-refractivity contribution in [3.05, 3.63) is 0 Å². The number of hydrogen-bond donors (Lipinski definition) is 3. The fraction of sp³-hybridized carbons (Fsp3) is 0.636. The van der Waals surface area contributed by atoms with Crippen molar-refractivity contribution in [1.82, 2.24) is 15.0 Å². The minimum absolute atomic E-state index is 0.230. The van der Waals surface area contributed by atoms with E-state index in [1.54, 1.807) is 7.05 Å². The summed E-state index contributed by atoms with van der Waals surface area (Å²) in [6.45, 7) is 3.20. The first kappa shape index (κ1) is 14.3. The molecule has 0 atom stereocenters. The summed E-state index contributed by atoms with van der Waals surface area (Å²) < 4.78 is 5.30. The summed E-state index contributed by atoms with van der Waals surface area (Å²) in [5.74, 6) is 1.12. The Hall–Kier alpha value is -2.16. The molecule has 1 saturated heterocycles. The maximum atomic E-state index is 10.7. The average molecular weight is 281 g/mol. The normalized spacial score (nSPS) is 14.9. The molecule has 0 bridgehead atoms. The second-order valence-electron chi connectivity index (χ2n) is 4.28. The minimum atomic E-state index is -0.367. The summed E-state index contributed by atoms with van der Waals surface area (Å²) >= 11 is 0. The van der Waals surface area contributed by atoms with Crippen molar-refractivity contribution in [3.8, 4) is 0 Å². The van der Waals surface area contributed by atoms with E-state index in [4.69, 9.17) is 10.5 Å². The lowest BCUT2D eigenvalue weighted by Crippen LogP contribution is -2.37. The molecule has 0 aromatic carbocycles. The molecule has 1 aromatic heterocycles. The quantitative estimate of drug-likeness (QED) is 0.610. The number of ether oxygens (including phenoxy) is 1. The summed E-state index contributed by atoms with van der Waals surface area (Å²) in [5.41, 5.74) is 5.09. The van der Waals surface area contributed by atoms with Crippen LogP contribution in [-0.4, -0.2) is 60.8 Å². The van der Waals surface area contributed by atoms with E-state index in [2.05, 4.69) is 25.6 Å². The number of carbonyl (C=O) groups excluding carboxylic acids is 1. The van der Waals surface area contributed by atoms with Crippen molar-refractivity contribution in [3.63, 3.8) is 0 Å². The average Bonchev–Trinajstić information content (AvgIpc) is 2.47. The van der Waals surface area contributed by atoms with E-state index in [9.17, 15) is 4.79 Å². The number of carbonyl (C=O) groups is 1. The van der Waals surface area contributed by atoms with E-state index in [1.807, 2.05) is 4.90 Å². The Morgan fingerprint density at radius 1 is 1.30 bits per heavy atom. The first-order valence-electron chi connectivity index (χ1n) is 6.47. The van der Waals surface area contributed by atoms with Gasteiger partial charge in [-0.1, -0.05) is 0 Å². The smallest absolute Gasteiger partial charge is 0.232 e. The number of rotatable bonds is 6. The molecule has 1 amide bonds. The number of nitrogens with one attached hydrogen (secondary N) is 2. The van der Waals surface area contributed by atoms with Gasteiger partial charge < -0.3 is 26.0 Å².